The summed E-state index contributed by atoms with van der Waals surface area (Å²) in [6, 6.07) is 6.62. The Bertz CT molecular complexity index is 1000. The lowest BCUT2D eigenvalue weighted by molar-refractivity contribution is 0.00172. The molecule has 0 saturated heterocycles. The number of halogens is 6. The standard InChI is InChI=1S/C23H19BrF5N/c24-15-4-2-1-3-14(15)22(16-17(25)19(27)21(29)20(28)18(16)26)30-23-8-11-5-12(9-23)7-13(6-11)10-23/h1-4,11-13H,5-10H2. The van der Waals surface area contributed by atoms with Gasteiger partial charge in [0, 0.05) is 10.0 Å². The Hall–Kier alpha value is -1.76. The highest BCUT2D eigenvalue weighted by molar-refractivity contribution is 9.10. The number of nitrogens with zero attached hydrogens (tertiary/aromatic N) is 1. The molecule has 30 heavy (non-hydrogen) atoms. The number of benzene rings is 2. The zero-order valence-electron chi connectivity index (χ0n) is 16.0. The van der Waals surface area contributed by atoms with E-state index >= 15 is 0 Å². The molecule has 0 amide bonds. The van der Waals surface area contributed by atoms with Crippen molar-refractivity contribution >= 4 is 21.6 Å². The van der Waals surface area contributed by atoms with Gasteiger partial charge in [0.1, 0.15) is 0 Å². The Morgan fingerprint density at radius 3 is 1.73 bits per heavy atom. The third-order valence-corrected chi connectivity index (χ3v) is 7.62. The van der Waals surface area contributed by atoms with E-state index in [9.17, 15) is 22.0 Å². The van der Waals surface area contributed by atoms with E-state index in [2.05, 4.69) is 15.9 Å². The topological polar surface area (TPSA) is 12.4 Å². The van der Waals surface area contributed by atoms with Crippen LogP contribution in [0.2, 0.25) is 0 Å². The number of hydrogen-bond donors (Lipinski definition) is 0. The van der Waals surface area contributed by atoms with E-state index in [1.807, 2.05) is 0 Å². The van der Waals surface area contributed by atoms with Crippen LogP contribution in [-0.4, -0.2) is 11.3 Å². The van der Waals surface area contributed by atoms with Gasteiger partial charge in [-0.05, 0) is 62.3 Å². The lowest BCUT2D eigenvalue weighted by atomic mass is 9.53. The molecular formula is C23H19BrF5N. The lowest BCUT2D eigenvalue weighted by Crippen LogP contribution is -2.50. The molecule has 7 heteroatoms. The van der Waals surface area contributed by atoms with Crippen LogP contribution in [0.4, 0.5) is 22.0 Å². The van der Waals surface area contributed by atoms with Crippen LogP contribution < -0.4 is 0 Å². The van der Waals surface area contributed by atoms with E-state index in [0.717, 1.165) is 38.5 Å². The van der Waals surface area contributed by atoms with Crippen molar-refractivity contribution in [2.24, 2.45) is 22.7 Å². The Kier molecular flexibility index (Phi) is 4.80. The zero-order chi connectivity index (χ0) is 21.2. The van der Waals surface area contributed by atoms with Crippen LogP contribution in [0, 0.1) is 46.8 Å². The van der Waals surface area contributed by atoms with Crippen LogP contribution in [0.15, 0.2) is 33.7 Å². The number of rotatable bonds is 3. The molecule has 0 radical (unpaired) electrons. The average molecular weight is 484 g/mol. The first-order chi connectivity index (χ1) is 14.3. The Morgan fingerprint density at radius 1 is 0.767 bits per heavy atom. The Labute approximate surface area is 179 Å². The maximum Gasteiger partial charge on any atom is 0.200 e. The van der Waals surface area contributed by atoms with Gasteiger partial charge in [-0.2, -0.15) is 0 Å². The molecule has 1 nitrogen and oxygen atoms in total. The molecular weight excluding hydrogens is 465 g/mol. The third kappa shape index (κ3) is 3.12. The Balaban J connectivity index is 1.75. The van der Waals surface area contributed by atoms with Crippen LogP contribution in [0.5, 0.6) is 0 Å². The van der Waals surface area contributed by atoms with Gasteiger partial charge in [-0.25, -0.2) is 22.0 Å². The molecule has 4 fully saturated rings. The molecule has 0 spiro atoms. The first kappa shape index (κ1) is 20.2. The highest BCUT2D eigenvalue weighted by Crippen LogP contribution is 2.57. The molecule has 0 aromatic heterocycles. The van der Waals surface area contributed by atoms with Gasteiger partial charge in [-0.3, -0.25) is 4.99 Å². The summed E-state index contributed by atoms with van der Waals surface area (Å²) in [4.78, 5) is 4.85. The second kappa shape index (κ2) is 7.14. The normalized spacial score (nSPS) is 30.2. The van der Waals surface area contributed by atoms with Crippen LogP contribution in [0.3, 0.4) is 0 Å². The smallest absolute Gasteiger partial charge is 0.200 e. The highest BCUT2D eigenvalue weighted by Gasteiger charge is 2.51. The molecule has 0 N–H and O–H groups in total. The summed E-state index contributed by atoms with van der Waals surface area (Å²) in [5, 5.41) is 0. The van der Waals surface area contributed by atoms with Crippen molar-refractivity contribution in [3.8, 4) is 0 Å². The van der Waals surface area contributed by atoms with Gasteiger partial charge >= 0.3 is 0 Å². The third-order valence-electron chi connectivity index (χ3n) is 6.93. The lowest BCUT2D eigenvalue weighted by Gasteiger charge is -2.55. The molecule has 158 valence electrons. The minimum Gasteiger partial charge on any atom is -0.277 e. The first-order valence-corrected chi connectivity index (χ1v) is 10.9. The molecule has 2 aromatic rings. The molecule has 4 bridgehead atoms. The summed E-state index contributed by atoms with van der Waals surface area (Å²) < 4.78 is 71.9. The van der Waals surface area contributed by atoms with Gasteiger partial charge < -0.3 is 0 Å². The molecule has 0 atom stereocenters. The Morgan fingerprint density at radius 2 is 1.23 bits per heavy atom. The van der Waals surface area contributed by atoms with Crippen LogP contribution in [0.25, 0.3) is 0 Å². The van der Waals surface area contributed by atoms with Crippen LogP contribution >= 0.6 is 15.9 Å². The summed E-state index contributed by atoms with van der Waals surface area (Å²) in [7, 11) is 0. The zero-order valence-corrected chi connectivity index (χ0v) is 17.6. The second-order valence-corrected chi connectivity index (χ2v) is 9.88. The van der Waals surface area contributed by atoms with Crippen molar-refractivity contribution in [2.75, 3.05) is 0 Å². The van der Waals surface area contributed by atoms with Crippen LogP contribution in [-0.2, 0) is 0 Å². The van der Waals surface area contributed by atoms with Crippen molar-refractivity contribution in [2.45, 2.75) is 44.1 Å². The van der Waals surface area contributed by atoms with E-state index in [-0.39, 0.29) is 5.71 Å². The molecule has 4 aliphatic carbocycles. The van der Waals surface area contributed by atoms with E-state index in [4.69, 9.17) is 4.99 Å². The number of hydrogen-bond acceptors (Lipinski definition) is 1. The van der Waals surface area contributed by atoms with E-state index < -0.39 is 40.2 Å². The van der Waals surface area contributed by atoms with Crippen molar-refractivity contribution in [3.63, 3.8) is 0 Å². The van der Waals surface area contributed by atoms with Crippen LogP contribution in [0.1, 0.15) is 49.7 Å². The fourth-order valence-corrected chi connectivity index (χ4v) is 6.63. The average Bonchev–Trinajstić information content (AvgIpc) is 2.69. The summed E-state index contributed by atoms with van der Waals surface area (Å²) in [5.74, 6) is -8.21. The molecule has 2 aromatic carbocycles. The predicted octanol–water partition coefficient (Wildman–Crippen LogP) is 6.95. The van der Waals surface area contributed by atoms with E-state index in [0.29, 0.717) is 27.8 Å². The van der Waals surface area contributed by atoms with Crippen molar-refractivity contribution in [1.29, 1.82) is 0 Å². The van der Waals surface area contributed by atoms with Gasteiger partial charge in [-0.1, -0.05) is 34.1 Å². The predicted molar refractivity (Wildman–Crippen MR) is 107 cm³/mol. The maximum atomic E-state index is 14.8. The fourth-order valence-electron chi connectivity index (χ4n) is 6.16. The van der Waals surface area contributed by atoms with Gasteiger partial charge in [0.15, 0.2) is 23.3 Å². The van der Waals surface area contributed by atoms with E-state index in [1.54, 1.807) is 24.3 Å². The van der Waals surface area contributed by atoms with Crippen molar-refractivity contribution in [3.05, 3.63) is 69.0 Å². The minimum absolute atomic E-state index is 0.169. The molecule has 0 aliphatic heterocycles. The van der Waals surface area contributed by atoms with E-state index in [1.165, 1.54) is 0 Å². The van der Waals surface area contributed by atoms with Crippen molar-refractivity contribution < 1.29 is 22.0 Å². The summed E-state index contributed by atoms with van der Waals surface area (Å²) >= 11 is 3.36. The van der Waals surface area contributed by atoms with Crippen molar-refractivity contribution in [1.82, 2.24) is 0 Å². The largest absolute Gasteiger partial charge is 0.277 e. The van der Waals surface area contributed by atoms with Gasteiger partial charge in [0.25, 0.3) is 0 Å². The maximum absolute atomic E-state index is 14.8. The second-order valence-electron chi connectivity index (χ2n) is 9.03. The number of aliphatic imine (C=N–C) groups is 1. The molecule has 0 heterocycles. The SMILES string of the molecule is Fc1c(F)c(F)c(C(=NC23CC4CC(CC(C4)C2)C3)c2ccccc2Br)c(F)c1F. The minimum atomic E-state index is -2.16. The molecule has 4 saturated carbocycles. The summed E-state index contributed by atoms with van der Waals surface area (Å²) in [6.07, 6.45) is 5.80. The summed E-state index contributed by atoms with van der Waals surface area (Å²) in [5.41, 5.74) is -1.32. The monoisotopic (exact) mass is 483 g/mol. The van der Waals surface area contributed by atoms with Gasteiger partial charge in [-0.15, -0.1) is 0 Å². The quantitative estimate of drug-likeness (QED) is 0.194. The fraction of sp³-hybridized carbons (Fsp3) is 0.435. The van der Waals surface area contributed by atoms with Gasteiger partial charge in [0.05, 0.1) is 16.8 Å². The first-order valence-electron chi connectivity index (χ1n) is 10.1. The highest BCUT2D eigenvalue weighted by atomic mass is 79.9. The molecule has 0 unspecified atom stereocenters. The summed E-state index contributed by atoms with van der Waals surface area (Å²) in [6.45, 7) is 0. The molecule has 4 aliphatic rings. The van der Waals surface area contributed by atoms with Gasteiger partial charge in [0.2, 0.25) is 5.82 Å². The molecule has 6 rings (SSSR count).